The molecule has 1 rings (SSSR count). The second-order valence-electron chi connectivity index (χ2n) is 2.98. The summed E-state index contributed by atoms with van der Waals surface area (Å²) >= 11 is 2.54. The van der Waals surface area contributed by atoms with Crippen molar-refractivity contribution in [2.24, 2.45) is 0 Å². The Hall–Kier alpha value is -1.32. The van der Waals surface area contributed by atoms with E-state index < -0.39 is 34.2 Å². The number of halogens is 7. The first-order valence-electron chi connectivity index (χ1n) is 4.13. The van der Waals surface area contributed by atoms with Crippen LogP contribution < -0.4 is 5.32 Å². The minimum Gasteiger partial charge on any atom is -0.316 e. The van der Waals surface area contributed by atoms with Gasteiger partial charge in [0, 0.05) is 0 Å². The molecule has 18 heavy (non-hydrogen) atoms. The zero-order valence-corrected chi connectivity index (χ0v) is 9.74. The van der Waals surface area contributed by atoms with Gasteiger partial charge >= 0.3 is 18.3 Å². The zero-order chi connectivity index (χ0) is 14.1. The van der Waals surface area contributed by atoms with Crippen molar-refractivity contribution in [3.05, 3.63) is 22.4 Å². The van der Waals surface area contributed by atoms with Gasteiger partial charge in [-0.1, -0.05) is 0 Å². The highest BCUT2D eigenvalue weighted by atomic mass is 79.9. The fraction of sp³-hybridized carbons (Fsp3) is 0.250. The van der Waals surface area contributed by atoms with Gasteiger partial charge in [-0.25, -0.2) is 4.98 Å². The van der Waals surface area contributed by atoms with Gasteiger partial charge in [-0.2, -0.15) is 26.3 Å². The molecule has 10 heteroatoms. The molecule has 100 valence electrons. The minimum absolute atomic E-state index is 0.455. The fourth-order valence-electron chi connectivity index (χ4n) is 0.879. The predicted molar refractivity (Wildman–Crippen MR) is 51.6 cm³/mol. The number of hydrogen-bond donors (Lipinski definition) is 1. The molecule has 0 saturated heterocycles. The van der Waals surface area contributed by atoms with Gasteiger partial charge in [-0.3, -0.25) is 4.79 Å². The van der Waals surface area contributed by atoms with Crippen LogP contribution in [0.4, 0.5) is 32.0 Å². The molecule has 0 atom stereocenters. The lowest BCUT2D eigenvalue weighted by molar-refractivity contribution is -0.167. The standard InChI is InChI=1S/C8H3BrF6N2O/c9-5-3(16-6(18)8(13,14)15)1-2-4(17-5)7(10,11)12/h1-2H,(H,16,18). The van der Waals surface area contributed by atoms with Gasteiger partial charge in [-0.05, 0) is 28.1 Å². The van der Waals surface area contributed by atoms with Crippen LogP contribution >= 0.6 is 15.9 Å². The van der Waals surface area contributed by atoms with E-state index in [1.54, 1.807) is 0 Å². The van der Waals surface area contributed by atoms with Gasteiger partial charge < -0.3 is 5.32 Å². The molecule has 1 aromatic heterocycles. The Kier molecular flexibility index (Phi) is 3.89. The number of nitrogens with one attached hydrogen (secondary N) is 1. The summed E-state index contributed by atoms with van der Waals surface area (Å²) in [5.41, 5.74) is -1.80. The summed E-state index contributed by atoms with van der Waals surface area (Å²) in [5.74, 6) is -2.30. The Bertz CT molecular complexity index is 470. The lowest BCUT2D eigenvalue weighted by Crippen LogP contribution is -2.30. The number of pyridine rings is 1. The van der Waals surface area contributed by atoms with Crippen LogP contribution in [-0.4, -0.2) is 17.1 Å². The molecule has 1 amide bonds. The van der Waals surface area contributed by atoms with Gasteiger partial charge in [0.2, 0.25) is 0 Å². The molecular weight excluding hydrogens is 334 g/mol. The fourth-order valence-corrected chi connectivity index (χ4v) is 1.30. The Labute approximate surface area is 104 Å². The minimum atomic E-state index is -5.14. The summed E-state index contributed by atoms with van der Waals surface area (Å²) in [7, 11) is 0. The molecule has 3 nitrogen and oxygen atoms in total. The second-order valence-corrected chi connectivity index (χ2v) is 3.74. The average molecular weight is 337 g/mol. The average Bonchev–Trinajstić information content (AvgIpc) is 2.17. The maximum Gasteiger partial charge on any atom is 0.471 e. The lowest BCUT2D eigenvalue weighted by Gasteiger charge is -2.11. The monoisotopic (exact) mass is 336 g/mol. The van der Waals surface area contributed by atoms with Crippen molar-refractivity contribution in [2.45, 2.75) is 12.4 Å². The van der Waals surface area contributed by atoms with Crippen LogP contribution in [0.5, 0.6) is 0 Å². The summed E-state index contributed by atoms with van der Waals surface area (Å²) in [6.45, 7) is 0. The quantitative estimate of drug-likeness (QED) is 0.631. The maximum absolute atomic E-state index is 12.2. The van der Waals surface area contributed by atoms with Crippen LogP contribution in [0.1, 0.15) is 5.69 Å². The number of hydrogen-bond acceptors (Lipinski definition) is 2. The summed E-state index contributed by atoms with van der Waals surface area (Å²) in [5, 5.41) is 1.39. The van der Waals surface area contributed by atoms with Crippen LogP contribution in [-0.2, 0) is 11.0 Å². The molecule has 0 aliphatic rings. The second kappa shape index (κ2) is 4.75. The molecule has 1 heterocycles. The number of aromatic nitrogens is 1. The zero-order valence-electron chi connectivity index (χ0n) is 8.16. The number of carbonyl (C=O) groups is 1. The van der Waals surface area contributed by atoms with E-state index in [-0.39, 0.29) is 0 Å². The van der Waals surface area contributed by atoms with E-state index in [4.69, 9.17) is 0 Å². The van der Waals surface area contributed by atoms with Gasteiger partial charge in [0.1, 0.15) is 10.3 Å². The number of carbonyl (C=O) groups excluding carboxylic acids is 1. The highest BCUT2D eigenvalue weighted by Crippen LogP contribution is 2.31. The molecule has 1 N–H and O–H groups in total. The van der Waals surface area contributed by atoms with Crippen molar-refractivity contribution < 1.29 is 31.1 Å². The molecule has 0 aliphatic carbocycles. The first kappa shape index (κ1) is 14.7. The molecule has 0 radical (unpaired) electrons. The Morgan fingerprint density at radius 1 is 1.17 bits per heavy atom. The SMILES string of the molecule is O=C(Nc1ccc(C(F)(F)F)nc1Br)C(F)(F)F. The van der Waals surface area contributed by atoms with Crippen LogP contribution in [0.3, 0.4) is 0 Å². The molecule has 0 saturated carbocycles. The van der Waals surface area contributed by atoms with Gasteiger partial charge in [0.25, 0.3) is 0 Å². The Balaban J connectivity index is 2.98. The van der Waals surface area contributed by atoms with E-state index in [1.807, 2.05) is 0 Å². The maximum atomic E-state index is 12.2. The van der Waals surface area contributed by atoms with Gasteiger partial charge in [0.15, 0.2) is 0 Å². The number of anilines is 1. The van der Waals surface area contributed by atoms with Crippen molar-refractivity contribution >= 4 is 27.5 Å². The number of rotatable bonds is 1. The third kappa shape index (κ3) is 3.59. The van der Waals surface area contributed by atoms with Crippen LogP contribution in [0, 0.1) is 0 Å². The summed E-state index contributed by atoms with van der Waals surface area (Å²) in [6, 6.07) is 1.13. The smallest absolute Gasteiger partial charge is 0.316 e. The normalized spacial score (nSPS) is 12.4. The summed E-state index contributed by atoms with van der Waals surface area (Å²) < 4.78 is 71.8. The molecule has 0 spiro atoms. The van der Waals surface area contributed by atoms with Gasteiger partial charge in [-0.15, -0.1) is 0 Å². The molecular formula is C8H3BrF6N2O. The number of nitrogens with zero attached hydrogens (tertiary/aromatic N) is 1. The van der Waals surface area contributed by atoms with Gasteiger partial charge in [0.05, 0.1) is 5.69 Å². The number of amides is 1. The lowest BCUT2D eigenvalue weighted by atomic mass is 10.3. The third-order valence-electron chi connectivity index (χ3n) is 1.64. The van der Waals surface area contributed by atoms with Crippen molar-refractivity contribution in [3.8, 4) is 0 Å². The topological polar surface area (TPSA) is 42.0 Å². The molecule has 0 bridgehead atoms. The van der Waals surface area contributed by atoms with Crippen LogP contribution in [0.2, 0.25) is 0 Å². The molecule has 0 fully saturated rings. The Morgan fingerprint density at radius 2 is 1.72 bits per heavy atom. The van der Waals surface area contributed by atoms with Crippen molar-refractivity contribution in [1.82, 2.24) is 4.98 Å². The van der Waals surface area contributed by atoms with E-state index in [9.17, 15) is 31.1 Å². The van der Waals surface area contributed by atoms with Crippen LogP contribution in [0.25, 0.3) is 0 Å². The molecule has 1 aromatic rings. The van der Waals surface area contributed by atoms with Crippen molar-refractivity contribution in [2.75, 3.05) is 5.32 Å². The van der Waals surface area contributed by atoms with E-state index in [0.717, 1.165) is 0 Å². The first-order valence-corrected chi connectivity index (χ1v) is 4.93. The van der Waals surface area contributed by atoms with E-state index in [2.05, 4.69) is 20.9 Å². The highest BCUT2D eigenvalue weighted by molar-refractivity contribution is 9.10. The van der Waals surface area contributed by atoms with E-state index >= 15 is 0 Å². The predicted octanol–water partition coefficient (Wildman–Crippen LogP) is 3.36. The third-order valence-corrected chi connectivity index (χ3v) is 2.25. The largest absolute Gasteiger partial charge is 0.471 e. The van der Waals surface area contributed by atoms with E-state index in [1.165, 1.54) is 5.32 Å². The molecule has 0 aliphatic heterocycles. The molecule has 0 aromatic carbocycles. The van der Waals surface area contributed by atoms with E-state index in [0.29, 0.717) is 12.1 Å². The first-order chi connectivity index (χ1) is 8.01. The Morgan fingerprint density at radius 3 is 2.11 bits per heavy atom. The highest BCUT2D eigenvalue weighted by Gasteiger charge is 2.39. The van der Waals surface area contributed by atoms with Crippen molar-refractivity contribution in [3.63, 3.8) is 0 Å². The summed E-state index contributed by atoms with van der Waals surface area (Å²) in [6.07, 6.45) is -9.86. The summed E-state index contributed by atoms with van der Waals surface area (Å²) in [4.78, 5) is 13.6. The van der Waals surface area contributed by atoms with Crippen LogP contribution in [0.15, 0.2) is 16.7 Å². The number of alkyl halides is 6. The molecule has 0 unspecified atom stereocenters. The van der Waals surface area contributed by atoms with Crippen molar-refractivity contribution in [1.29, 1.82) is 0 Å².